The lowest BCUT2D eigenvalue weighted by atomic mass is 10.1. The average Bonchev–Trinajstić information content (AvgIpc) is 2.12. The van der Waals surface area contributed by atoms with E-state index in [1.54, 1.807) is 0 Å². The van der Waals surface area contributed by atoms with Crippen LogP contribution in [0.4, 0.5) is 0 Å². The fourth-order valence-electron chi connectivity index (χ4n) is 1.02. The fraction of sp³-hybridized carbons (Fsp3) is 0.556. The van der Waals surface area contributed by atoms with Crippen LogP contribution in [0.5, 0.6) is 0 Å². The minimum Gasteiger partial charge on any atom is -0.383 e. The Hall–Kier alpha value is -0.720. The van der Waals surface area contributed by atoms with E-state index in [1.807, 2.05) is 0 Å². The molecule has 0 aromatic rings. The van der Waals surface area contributed by atoms with E-state index in [-0.39, 0.29) is 5.54 Å². The highest BCUT2D eigenvalue weighted by Gasteiger charge is 2.10. The summed E-state index contributed by atoms with van der Waals surface area (Å²) < 4.78 is 0. The second kappa shape index (κ2) is 2.49. The van der Waals surface area contributed by atoms with Crippen molar-refractivity contribution < 1.29 is 0 Å². The molecule has 10 heavy (non-hydrogen) atoms. The number of hydrogen-bond acceptors (Lipinski definition) is 1. The monoisotopic (exact) mass is 137 g/mol. The minimum atomic E-state index is 0.206. The lowest BCUT2D eigenvalue weighted by molar-refractivity contribution is 0.470. The Bertz CT molecular complexity index is 170. The summed E-state index contributed by atoms with van der Waals surface area (Å²) in [6, 6.07) is 0. The molecule has 0 radical (unpaired) electrons. The highest BCUT2D eigenvalue weighted by atomic mass is 15.0. The van der Waals surface area contributed by atoms with Gasteiger partial charge in [-0.3, -0.25) is 0 Å². The molecule has 1 aliphatic rings. The summed E-state index contributed by atoms with van der Waals surface area (Å²) in [5.41, 5.74) is 1.53. The van der Waals surface area contributed by atoms with E-state index in [4.69, 9.17) is 0 Å². The summed E-state index contributed by atoms with van der Waals surface area (Å²) >= 11 is 0. The van der Waals surface area contributed by atoms with Gasteiger partial charge in [-0.05, 0) is 26.8 Å². The third-order valence-electron chi connectivity index (χ3n) is 1.31. The first-order valence-corrected chi connectivity index (χ1v) is 3.72. The molecule has 0 fully saturated rings. The van der Waals surface area contributed by atoms with Gasteiger partial charge in [0, 0.05) is 17.7 Å². The lowest BCUT2D eigenvalue weighted by Gasteiger charge is -2.22. The van der Waals surface area contributed by atoms with Gasteiger partial charge in [0.1, 0.15) is 0 Å². The molecule has 0 aliphatic heterocycles. The number of hydrogen-bond donors (Lipinski definition) is 1. The van der Waals surface area contributed by atoms with Crippen molar-refractivity contribution in [1.82, 2.24) is 5.32 Å². The van der Waals surface area contributed by atoms with Gasteiger partial charge in [-0.15, -0.1) is 0 Å². The van der Waals surface area contributed by atoms with Gasteiger partial charge in [0.25, 0.3) is 0 Å². The zero-order valence-corrected chi connectivity index (χ0v) is 6.94. The van der Waals surface area contributed by atoms with Gasteiger partial charge in [-0.1, -0.05) is 12.2 Å². The van der Waals surface area contributed by atoms with Crippen LogP contribution in [0.3, 0.4) is 0 Å². The predicted molar refractivity (Wildman–Crippen MR) is 44.7 cm³/mol. The molecule has 0 bridgehead atoms. The molecule has 0 saturated carbocycles. The molecular weight excluding hydrogens is 122 g/mol. The standard InChI is InChI=1S/C9H15N/c1-9(2,3)10-8-6-4-5-7-8/h4-6,10H,7H2,1-3H3. The molecule has 0 spiro atoms. The molecule has 1 N–H and O–H groups in total. The topological polar surface area (TPSA) is 12.0 Å². The van der Waals surface area contributed by atoms with Crippen molar-refractivity contribution in [3.63, 3.8) is 0 Å². The van der Waals surface area contributed by atoms with Crippen LogP contribution in [0.2, 0.25) is 0 Å². The largest absolute Gasteiger partial charge is 0.383 e. The van der Waals surface area contributed by atoms with E-state index >= 15 is 0 Å². The molecule has 0 aromatic heterocycles. The van der Waals surface area contributed by atoms with Crippen molar-refractivity contribution in [2.45, 2.75) is 32.7 Å². The van der Waals surface area contributed by atoms with Gasteiger partial charge in [0.15, 0.2) is 0 Å². The van der Waals surface area contributed by atoms with Crippen molar-refractivity contribution in [3.8, 4) is 0 Å². The van der Waals surface area contributed by atoms with Crippen molar-refractivity contribution in [3.05, 3.63) is 23.9 Å². The smallest absolute Gasteiger partial charge is 0.0286 e. The fourth-order valence-corrected chi connectivity index (χ4v) is 1.02. The molecule has 1 rings (SSSR count). The Balaban J connectivity index is 2.41. The zero-order chi connectivity index (χ0) is 7.61. The first-order valence-electron chi connectivity index (χ1n) is 3.72. The van der Waals surface area contributed by atoms with Gasteiger partial charge in [-0.25, -0.2) is 0 Å². The number of rotatable bonds is 1. The average molecular weight is 137 g/mol. The predicted octanol–water partition coefficient (Wildman–Crippen LogP) is 2.22. The van der Waals surface area contributed by atoms with Gasteiger partial charge in [0.2, 0.25) is 0 Å². The summed E-state index contributed by atoms with van der Waals surface area (Å²) in [5.74, 6) is 0. The van der Waals surface area contributed by atoms with Gasteiger partial charge in [-0.2, -0.15) is 0 Å². The molecule has 0 aromatic carbocycles. The van der Waals surface area contributed by atoms with Crippen LogP contribution >= 0.6 is 0 Å². The van der Waals surface area contributed by atoms with E-state index in [9.17, 15) is 0 Å². The van der Waals surface area contributed by atoms with Crippen LogP contribution in [0.25, 0.3) is 0 Å². The summed E-state index contributed by atoms with van der Waals surface area (Å²) in [6.07, 6.45) is 7.45. The maximum atomic E-state index is 3.42. The maximum absolute atomic E-state index is 3.42. The Morgan fingerprint density at radius 2 is 2.10 bits per heavy atom. The Morgan fingerprint density at radius 1 is 1.40 bits per heavy atom. The Morgan fingerprint density at radius 3 is 2.50 bits per heavy atom. The Kier molecular flexibility index (Phi) is 1.84. The maximum Gasteiger partial charge on any atom is 0.0286 e. The second-order valence-electron chi connectivity index (χ2n) is 3.70. The van der Waals surface area contributed by atoms with Crippen molar-refractivity contribution in [2.75, 3.05) is 0 Å². The molecule has 56 valence electrons. The van der Waals surface area contributed by atoms with Crippen LogP contribution in [0.1, 0.15) is 27.2 Å². The molecule has 0 atom stereocenters. The summed E-state index contributed by atoms with van der Waals surface area (Å²) in [6.45, 7) is 6.52. The van der Waals surface area contributed by atoms with Crippen molar-refractivity contribution >= 4 is 0 Å². The van der Waals surface area contributed by atoms with Crippen molar-refractivity contribution in [1.29, 1.82) is 0 Å². The molecule has 1 heteroatoms. The van der Waals surface area contributed by atoms with Crippen LogP contribution < -0.4 is 5.32 Å². The summed E-state index contributed by atoms with van der Waals surface area (Å²) in [7, 11) is 0. The van der Waals surface area contributed by atoms with E-state index in [0.29, 0.717) is 0 Å². The zero-order valence-electron chi connectivity index (χ0n) is 6.94. The summed E-state index contributed by atoms with van der Waals surface area (Å²) in [4.78, 5) is 0. The minimum absolute atomic E-state index is 0.206. The first-order chi connectivity index (χ1) is 4.58. The Labute approximate surface area is 62.8 Å². The van der Waals surface area contributed by atoms with Crippen molar-refractivity contribution in [2.24, 2.45) is 0 Å². The third-order valence-corrected chi connectivity index (χ3v) is 1.31. The quantitative estimate of drug-likeness (QED) is 0.584. The normalized spacial score (nSPS) is 17.3. The molecule has 1 aliphatic carbocycles. The molecule has 0 saturated heterocycles. The highest BCUT2D eigenvalue weighted by Crippen LogP contribution is 2.11. The van der Waals surface area contributed by atoms with Gasteiger partial charge >= 0.3 is 0 Å². The van der Waals surface area contributed by atoms with E-state index in [1.165, 1.54) is 5.70 Å². The first kappa shape index (κ1) is 7.39. The lowest BCUT2D eigenvalue weighted by Crippen LogP contribution is -2.34. The second-order valence-corrected chi connectivity index (χ2v) is 3.70. The highest BCUT2D eigenvalue weighted by molar-refractivity contribution is 5.22. The van der Waals surface area contributed by atoms with E-state index < -0.39 is 0 Å². The molecule has 0 heterocycles. The molecule has 0 unspecified atom stereocenters. The third kappa shape index (κ3) is 2.26. The molecule has 1 nitrogen and oxygen atoms in total. The molecular formula is C9H15N. The van der Waals surface area contributed by atoms with Crippen LogP contribution in [-0.4, -0.2) is 5.54 Å². The SMILES string of the molecule is CC(C)(C)NC1=CC=CC1. The van der Waals surface area contributed by atoms with Crippen LogP contribution in [-0.2, 0) is 0 Å². The number of allylic oxidation sites excluding steroid dienone is 3. The van der Waals surface area contributed by atoms with Crippen LogP contribution in [0, 0.1) is 0 Å². The van der Waals surface area contributed by atoms with E-state index in [2.05, 4.69) is 44.3 Å². The summed E-state index contributed by atoms with van der Waals surface area (Å²) in [5, 5.41) is 3.42. The van der Waals surface area contributed by atoms with Gasteiger partial charge < -0.3 is 5.32 Å². The molecule has 0 amide bonds. The van der Waals surface area contributed by atoms with Gasteiger partial charge in [0.05, 0.1) is 0 Å². The number of nitrogens with one attached hydrogen (secondary N) is 1. The van der Waals surface area contributed by atoms with E-state index in [0.717, 1.165) is 6.42 Å². The van der Waals surface area contributed by atoms with Crippen LogP contribution in [0.15, 0.2) is 23.9 Å².